The van der Waals surface area contributed by atoms with Crippen LogP contribution in [0.15, 0.2) is 85.3 Å². The lowest BCUT2D eigenvalue weighted by molar-refractivity contribution is -0.137. The average Bonchev–Trinajstić information content (AvgIpc) is 3.30. The van der Waals surface area contributed by atoms with Gasteiger partial charge in [0.05, 0.1) is 6.20 Å². The molecule has 182 valence electrons. The van der Waals surface area contributed by atoms with E-state index in [0.717, 1.165) is 22.6 Å². The largest absolute Gasteiger partial charge is 0.358 e. The highest BCUT2D eigenvalue weighted by Crippen LogP contribution is 2.29. The Labute approximate surface area is 209 Å². The number of fused-ring (bicyclic) bond motifs is 1. The predicted molar refractivity (Wildman–Crippen MR) is 140 cm³/mol. The number of imidazole rings is 1. The second-order valence-corrected chi connectivity index (χ2v) is 8.74. The summed E-state index contributed by atoms with van der Waals surface area (Å²) >= 11 is 0. The van der Waals surface area contributed by atoms with Crippen LogP contribution >= 0.6 is 0 Å². The van der Waals surface area contributed by atoms with E-state index in [1.807, 2.05) is 89.2 Å². The Morgan fingerprint density at radius 2 is 1.61 bits per heavy atom. The van der Waals surface area contributed by atoms with Crippen molar-refractivity contribution in [2.45, 2.75) is 13.0 Å². The van der Waals surface area contributed by atoms with E-state index in [2.05, 4.69) is 10.3 Å². The average molecular weight is 481 g/mol. The van der Waals surface area contributed by atoms with E-state index in [9.17, 15) is 9.59 Å². The molecule has 1 N–H and O–H groups in total. The quantitative estimate of drug-likeness (QED) is 0.427. The highest BCUT2D eigenvalue weighted by Gasteiger charge is 2.27. The molecule has 2 amide bonds. The fraction of sp³-hybridized carbons (Fsp3) is 0.214. The van der Waals surface area contributed by atoms with Gasteiger partial charge < -0.3 is 15.1 Å². The topological polar surface area (TPSA) is 82.8 Å². The van der Waals surface area contributed by atoms with Gasteiger partial charge in [-0.15, -0.1) is 0 Å². The van der Waals surface area contributed by atoms with Crippen molar-refractivity contribution in [1.82, 2.24) is 24.2 Å². The third kappa shape index (κ3) is 4.98. The molecule has 1 aliphatic heterocycles. The highest BCUT2D eigenvalue weighted by atomic mass is 16.2. The number of carbonyl (C=O) groups is 2. The monoisotopic (exact) mass is 480 g/mol. The lowest BCUT2D eigenvalue weighted by Crippen LogP contribution is -2.53. The first kappa shape index (κ1) is 23.3. The third-order valence-electron chi connectivity index (χ3n) is 6.32. The summed E-state index contributed by atoms with van der Waals surface area (Å²) in [6, 6.07) is 19.1. The molecule has 0 radical (unpaired) electrons. The summed E-state index contributed by atoms with van der Waals surface area (Å²) in [5.74, 6) is 0.702. The Morgan fingerprint density at radius 1 is 0.944 bits per heavy atom. The van der Waals surface area contributed by atoms with E-state index >= 15 is 0 Å². The number of piperazine rings is 1. The van der Waals surface area contributed by atoms with Crippen molar-refractivity contribution < 1.29 is 9.59 Å². The van der Waals surface area contributed by atoms with Crippen LogP contribution in [0.25, 0.3) is 23.0 Å². The number of anilines is 1. The van der Waals surface area contributed by atoms with Crippen LogP contribution in [0.1, 0.15) is 12.5 Å². The number of hydrogen-bond donors (Lipinski definition) is 1. The molecule has 8 nitrogen and oxygen atoms in total. The van der Waals surface area contributed by atoms with E-state index in [-0.39, 0.29) is 11.8 Å². The molecule has 3 heterocycles. The van der Waals surface area contributed by atoms with Crippen molar-refractivity contribution in [3.8, 4) is 11.3 Å². The molecule has 1 unspecified atom stereocenters. The first-order chi connectivity index (χ1) is 17.6. The maximum Gasteiger partial charge on any atom is 0.246 e. The SMILES string of the molecule is CC(Nc1c(-c2ccccc2)nc2cnccn12)C(=O)N1CCN(C(=O)C=Cc2ccccc2)CC1. The van der Waals surface area contributed by atoms with Gasteiger partial charge in [0.15, 0.2) is 5.65 Å². The fourth-order valence-corrected chi connectivity index (χ4v) is 4.37. The lowest BCUT2D eigenvalue weighted by Gasteiger charge is -2.35. The molecule has 0 saturated carbocycles. The molecular formula is C28H28N6O2. The van der Waals surface area contributed by atoms with Gasteiger partial charge in [0.1, 0.15) is 17.6 Å². The van der Waals surface area contributed by atoms with Gasteiger partial charge in [0, 0.05) is 50.2 Å². The normalized spacial score (nSPS) is 14.8. The Balaban J connectivity index is 1.24. The molecule has 1 aliphatic rings. The Bertz CT molecular complexity index is 1380. The van der Waals surface area contributed by atoms with E-state index in [4.69, 9.17) is 4.98 Å². The molecule has 0 bridgehead atoms. The highest BCUT2D eigenvalue weighted by molar-refractivity contribution is 5.92. The molecule has 8 heteroatoms. The van der Waals surface area contributed by atoms with Crippen LogP contribution < -0.4 is 5.32 Å². The Kier molecular flexibility index (Phi) is 6.75. The first-order valence-corrected chi connectivity index (χ1v) is 12.0. The number of carbonyl (C=O) groups excluding carboxylic acids is 2. The standard InChI is InChI=1S/C28H28N6O2/c1-21(30-27-26(23-10-6-3-7-11-23)31-24-20-29-14-15-34(24)27)28(36)33-18-16-32(17-19-33)25(35)13-12-22-8-4-2-5-9-22/h2-15,20-21,30H,16-19H2,1H3. The van der Waals surface area contributed by atoms with Gasteiger partial charge in [-0.05, 0) is 18.6 Å². The minimum atomic E-state index is -0.472. The van der Waals surface area contributed by atoms with E-state index in [1.165, 1.54) is 0 Å². The number of amides is 2. The van der Waals surface area contributed by atoms with Crippen LogP contribution in [0.2, 0.25) is 0 Å². The second kappa shape index (κ2) is 10.4. The molecule has 4 aromatic rings. The Morgan fingerprint density at radius 3 is 2.33 bits per heavy atom. The molecule has 1 fully saturated rings. The number of benzene rings is 2. The number of rotatable bonds is 6. The third-order valence-corrected chi connectivity index (χ3v) is 6.32. The van der Waals surface area contributed by atoms with Gasteiger partial charge in [-0.3, -0.25) is 19.0 Å². The second-order valence-electron chi connectivity index (χ2n) is 8.74. The summed E-state index contributed by atoms with van der Waals surface area (Å²) in [4.78, 5) is 38.4. The van der Waals surface area contributed by atoms with Crippen LogP contribution in [0.5, 0.6) is 0 Å². The van der Waals surface area contributed by atoms with Crippen LogP contribution in [-0.2, 0) is 9.59 Å². The van der Waals surface area contributed by atoms with Crippen LogP contribution in [0.3, 0.4) is 0 Å². The zero-order valence-electron chi connectivity index (χ0n) is 20.1. The van der Waals surface area contributed by atoms with Gasteiger partial charge >= 0.3 is 0 Å². The van der Waals surface area contributed by atoms with Gasteiger partial charge in [-0.2, -0.15) is 0 Å². The minimum Gasteiger partial charge on any atom is -0.358 e. The van der Waals surface area contributed by atoms with E-state index < -0.39 is 6.04 Å². The predicted octanol–water partition coefficient (Wildman–Crippen LogP) is 3.58. The number of aromatic nitrogens is 3. The van der Waals surface area contributed by atoms with Gasteiger partial charge in [0.25, 0.3) is 0 Å². The minimum absolute atomic E-state index is 0.00931. The summed E-state index contributed by atoms with van der Waals surface area (Å²) in [5.41, 5.74) is 3.41. The van der Waals surface area contributed by atoms with Gasteiger partial charge in [-0.1, -0.05) is 60.7 Å². The lowest BCUT2D eigenvalue weighted by atomic mass is 10.1. The smallest absolute Gasteiger partial charge is 0.246 e. The van der Waals surface area contributed by atoms with Crippen molar-refractivity contribution in [3.05, 3.63) is 90.9 Å². The molecule has 36 heavy (non-hydrogen) atoms. The molecule has 1 saturated heterocycles. The number of nitrogens with one attached hydrogen (secondary N) is 1. The van der Waals surface area contributed by atoms with E-state index in [1.54, 1.807) is 23.4 Å². The van der Waals surface area contributed by atoms with Crippen molar-refractivity contribution in [2.24, 2.45) is 0 Å². The zero-order valence-corrected chi connectivity index (χ0v) is 20.1. The van der Waals surface area contributed by atoms with Crippen molar-refractivity contribution >= 4 is 29.4 Å². The summed E-state index contributed by atoms with van der Waals surface area (Å²) in [6.07, 6.45) is 8.65. The molecule has 0 spiro atoms. The summed E-state index contributed by atoms with van der Waals surface area (Å²) in [5, 5.41) is 3.39. The summed E-state index contributed by atoms with van der Waals surface area (Å²) < 4.78 is 1.91. The first-order valence-electron chi connectivity index (χ1n) is 12.0. The molecule has 2 aromatic heterocycles. The zero-order chi connectivity index (χ0) is 24.9. The van der Waals surface area contributed by atoms with Crippen LogP contribution in [0, 0.1) is 0 Å². The van der Waals surface area contributed by atoms with Gasteiger partial charge in [-0.25, -0.2) is 4.98 Å². The van der Waals surface area contributed by atoms with Crippen molar-refractivity contribution in [2.75, 3.05) is 31.5 Å². The molecule has 2 aromatic carbocycles. The van der Waals surface area contributed by atoms with Crippen LogP contribution in [-0.4, -0.2) is 68.2 Å². The fourth-order valence-electron chi connectivity index (χ4n) is 4.37. The summed E-state index contributed by atoms with van der Waals surface area (Å²) in [6.45, 7) is 3.87. The van der Waals surface area contributed by atoms with Crippen molar-refractivity contribution in [3.63, 3.8) is 0 Å². The molecular weight excluding hydrogens is 452 g/mol. The number of nitrogens with zero attached hydrogens (tertiary/aromatic N) is 5. The maximum atomic E-state index is 13.3. The summed E-state index contributed by atoms with van der Waals surface area (Å²) in [7, 11) is 0. The van der Waals surface area contributed by atoms with Crippen molar-refractivity contribution in [1.29, 1.82) is 0 Å². The van der Waals surface area contributed by atoms with Crippen LogP contribution in [0.4, 0.5) is 5.82 Å². The maximum absolute atomic E-state index is 13.3. The Hall–Kier alpha value is -4.46. The number of hydrogen-bond acceptors (Lipinski definition) is 5. The van der Waals surface area contributed by atoms with E-state index in [0.29, 0.717) is 31.8 Å². The van der Waals surface area contributed by atoms with Gasteiger partial charge in [0.2, 0.25) is 11.8 Å². The molecule has 0 aliphatic carbocycles. The molecule has 1 atom stereocenters. The molecule has 5 rings (SSSR count).